The summed E-state index contributed by atoms with van der Waals surface area (Å²) in [4.78, 5) is 16.7. The Bertz CT molecular complexity index is 429. The zero-order valence-corrected chi connectivity index (χ0v) is 11.0. The molecule has 106 valence electrons. The third kappa shape index (κ3) is 4.42. The lowest BCUT2D eigenvalue weighted by Crippen LogP contribution is -2.43. The highest BCUT2D eigenvalue weighted by atomic mass is 19.4. The molecule has 0 saturated heterocycles. The van der Waals surface area contributed by atoms with Crippen molar-refractivity contribution in [2.75, 3.05) is 18.9 Å². The fraction of sp³-hybridized carbons (Fsp3) is 0.500. The van der Waals surface area contributed by atoms with E-state index >= 15 is 0 Å². The maximum absolute atomic E-state index is 12.4. The standard InChI is InChI=1S/C12H16F3N3O/c1-8(2)18(7-12(13,14)15)11(19)9-4-5-10(16-3)17-6-9/h4-6,8H,7H2,1-3H3,(H,16,17). The van der Waals surface area contributed by atoms with E-state index in [4.69, 9.17) is 0 Å². The van der Waals surface area contributed by atoms with E-state index in [1.54, 1.807) is 27.0 Å². The molecule has 0 bridgehead atoms. The van der Waals surface area contributed by atoms with Crippen LogP contribution in [0.4, 0.5) is 19.0 Å². The number of hydrogen-bond acceptors (Lipinski definition) is 3. The normalized spacial score (nSPS) is 11.5. The van der Waals surface area contributed by atoms with Gasteiger partial charge in [0.25, 0.3) is 5.91 Å². The van der Waals surface area contributed by atoms with Gasteiger partial charge < -0.3 is 10.2 Å². The number of carbonyl (C=O) groups excluding carboxylic acids is 1. The summed E-state index contributed by atoms with van der Waals surface area (Å²) in [5.74, 6) is -0.133. The molecule has 0 fully saturated rings. The Morgan fingerprint density at radius 2 is 2.05 bits per heavy atom. The topological polar surface area (TPSA) is 45.2 Å². The van der Waals surface area contributed by atoms with Crippen molar-refractivity contribution in [2.24, 2.45) is 0 Å². The zero-order valence-electron chi connectivity index (χ0n) is 11.0. The number of pyridine rings is 1. The number of nitrogens with zero attached hydrogens (tertiary/aromatic N) is 2. The average molecular weight is 275 g/mol. The maximum atomic E-state index is 12.4. The van der Waals surface area contributed by atoms with Crippen LogP contribution in [-0.4, -0.2) is 41.6 Å². The number of carbonyl (C=O) groups is 1. The Labute approximate surface area is 109 Å². The van der Waals surface area contributed by atoms with E-state index in [1.165, 1.54) is 12.3 Å². The molecule has 0 aromatic carbocycles. The van der Waals surface area contributed by atoms with Crippen molar-refractivity contribution in [3.8, 4) is 0 Å². The van der Waals surface area contributed by atoms with Gasteiger partial charge in [0.15, 0.2) is 0 Å². The van der Waals surface area contributed by atoms with Gasteiger partial charge in [-0.1, -0.05) is 0 Å². The molecule has 0 aliphatic carbocycles. The van der Waals surface area contributed by atoms with E-state index in [9.17, 15) is 18.0 Å². The Kier molecular flexibility index (Phi) is 4.74. The lowest BCUT2D eigenvalue weighted by atomic mass is 10.2. The van der Waals surface area contributed by atoms with E-state index in [-0.39, 0.29) is 5.56 Å². The lowest BCUT2D eigenvalue weighted by Gasteiger charge is -2.27. The fourth-order valence-corrected chi connectivity index (χ4v) is 1.52. The van der Waals surface area contributed by atoms with E-state index in [2.05, 4.69) is 10.3 Å². The van der Waals surface area contributed by atoms with Crippen molar-refractivity contribution in [1.82, 2.24) is 9.88 Å². The first kappa shape index (κ1) is 15.3. The largest absolute Gasteiger partial charge is 0.406 e. The first-order valence-corrected chi connectivity index (χ1v) is 5.76. The SMILES string of the molecule is CNc1ccc(C(=O)N(CC(F)(F)F)C(C)C)cn1. The maximum Gasteiger partial charge on any atom is 0.406 e. The summed E-state index contributed by atoms with van der Waals surface area (Å²) in [5.41, 5.74) is 0.136. The minimum atomic E-state index is -4.42. The summed E-state index contributed by atoms with van der Waals surface area (Å²) in [6.45, 7) is 1.81. The first-order valence-electron chi connectivity index (χ1n) is 5.76. The van der Waals surface area contributed by atoms with Crippen LogP contribution in [0, 0.1) is 0 Å². The summed E-state index contributed by atoms with van der Waals surface area (Å²) in [7, 11) is 1.66. The van der Waals surface area contributed by atoms with Crippen LogP contribution in [0.1, 0.15) is 24.2 Å². The van der Waals surface area contributed by atoms with Crippen LogP contribution in [0.5, 0.6) is 0 Å². The van der Waals surface area contributed by atoms with Crippen LogP contribution >= 0.6 is 0 Å². The first-order chi connectivity index (χ1) is 8.74. The summed E-state index contributed by atoms with van der Waals surface area (Å²) < 4.78 is 37.3. The summed E-state index contributed by atoms with van der Waals surface area (Å²) >= 11 is 0. The van der Waals surface area contributed by atoms with Crippen molar-refractivity contribution in [3.05, 3.63) is 23.9 Å². The van der Waals surface area contributed by atoms with Crippen LogP contribution in [0.3, 0.4) is 0 Å². The molecule has 1 rings (SSSR count). The molecule has 1 N–H and O–H groups in total. The number of amides is 1. The molecule has 0 unspecified atom stereocenters. The molecule has 0 aliphatic heterocycles. The molecule has 1 amide bonds. The lowest BCUT2D eigenvalue weighted by molar-refractivity contribution is -0.143. The Hall–Kier alpha value is -1.79. The molecular weight excluding hydrogens is 259 g/mol. The number of hydrogen-bond donors (Lipinski definition) is 1. The Morgan fingerprint density at radius 1 is 1.42 bits per heavy atom. The van der Waals surface area contributed by atoms with Crippen LogP contribution in [0.25, 0.3) is 0 Å². The van der Waals surface area contributed by atoms with E-state index < -0.39 is 24.7 Å². The van der Waals surface area contributed by atoms with Crippen molar-refractivity contribution >= 4 is 11.7 Å². The molecule has 0 aliphatic rings. The molecule has 0 saturated carbocycles. The number of nitrogens with one attached hydrogen (secondary N) is 1. The van der Waals surface area contributed by atoms with Gasteiger partial charge in [-0.05, 0) is 26.0 Å². The van der Waals surface area contributed by atoms with Gasteiger partial charge in [0, 0.05) is 19.3 Å². The van der Waals surface area contributed by atoms with Gasteiger partial charge in [-0.3, -0.25) is 4.79 Å². The van der Waals surface area contributed by atoms with Gasteiger partial charge in [-0.2, -0.15) is 13.2 Å². The molecule has 1 aromatic heterocycles. The second-order valence-electron chi connectivity index (χ2n) is 4.32. The molecule has 1 heterocycles. The van der Waals surface area contributed by atoms with E-state index in [0.29, 0.717) is 5.82 Å². The third-order valence-electron chi connectivity index (χ3n) is 2.50. The van der Waals surface area contributed by atoms with E-state index in [1.807, 2.05) is 0 Å². The minimum absolute atomic E-state index is 0.136. The van der Waals surface area contributed by atoms with E-state index in [0.717, 1.165) is 4.90 Å². The summed E-state index contributed by atoms with van der Waals surface area (Å²) in [6, 6.07) is 2.45. The fourth-order valence-electron chi connectivity index (χ4n) is 1.52. The van der Waals surface area contributed by atoms with Crippen molar-refractivity contribution in [1.29, 1.82) is 0 Å². The number of rotatable bonds is 4. The predicted octanol–water partition coefficient (Wildman–Crippen LogP) is 2.54. The second kappa shape index (κ2) is 5.90. The van der Waals surface area contributed by atoms with Crippen molar-refractivity contribution in [2.45, 2.75) is 26.1 Å². The smallest absolute Gasteiger partial charge is 0.373 e. The molecule has 7 heteroatoms. The number of alkyl halides is 3. The molecular formula is C12H16F3N3O. The van der Waals surface area contributed by atoms with Gasteiger partial charge in [0.1, 0.15) is 12.4 Å². The number of anilines is 1. The van der Waals surface area contributed by atoms with Gasteiger partial charge in [-0.15, -0.1) is 0 Å². The Balaban J connectivity index is 2.92. The van der Waals surface area contributed by atoms with Crippen molar-refractivity contribution in [3.63, 3.8) is 0 Å². The molecule has 0 atom stereocenters. The van der Waals surface area contributed by atoms with Gasteiger partial charge >= 0.3 is 6.18 Å². The molecule has 0 radical (unpaired) electrons. The second-order valence-corrected chi connectivity index (χ2v) is 4.32. The highest BCUT2D eigenvalue weighted by molar-refractivity contribution is 5.94. The monoisotopic (exact) mass is 275 g/mol. The highest BCUT2D eigenvalue weighted by Gasteiger charge is 2.34. The minimum Gasteiger partial charge on any atom is -0.373 e. The van der Waals surface area contributed by atoms with Gasteiger partial charge in [0.2, 0.25) is 0 Å². The average Bonchev–Trinajstić information content (AvgIpc) is 2.34. The Morgan fingerprint density at radius 3 is 2.42 bits per heavy atom. The van der Waals surface area contributed by atoms with Gasteiger partial charge in [0.05, 0.1) is 5.56 Å². The summed E-state index contributed by atoms with van der Waals surface area (Å²) in [6.07, 6.45) is -3.15. The van der Waals surface area contributed by atoms with Crippen LogP contribution < -0.4 is 5.32 Å². The predicted molar refractivity (Wildman–Crippen MR) is 66.0 cm³/mol. The zero-order chi connectivity index (χ0) is 14.6. The highest BCUT2D eigenvalue weighted by Crippen LogP contribution is 2.20. The van der Waals surface area contributed by atoms with Gasteiger partial charge in [-0.25, -0.2) is 4.98 Å². The third-order valence-corrected chi connectivity index (χ3v) is 2.50. The summed E-state index contributed by atoms with van der Waals surface area (Å²) in [5, 5.41) is 2.77. The van der Waals surface area contributed by atoms with Crippen LogP contribution in [-0.2, 0) is 0 Å². The van der Waals surface area contributed by atoms with Crippen LogP contribution in [0.15, 0.2) is 18.3 Å². The number of aromatic nitrogens is 1. The molecule has 19 heavy (non-hydrogen) atoms. The quantitative estimate of drug-likeness (QED) is 0.918. The molecule has 1 aromatic rings. The number of halogens is 3. The molecule has 0 spiro atoms. The van der Waals surface area contributed by atoms with Crippen LogP contribution in [0.2, 0.25) is 0 Å². The molecule has 4 nitrogen and oxygen atoms in total. The van der Waals surface area contributed by atoms with Crippen molar-refractivity contribution < 1.29 is 18.0 Å².